The van der Waals surface area contributed by atoms with Crippen LogP contribution in [-0.2, 0) is 4.79 Å². The highest BCUT2D eigenvalue weighted by Gasteiger charge is 2.41. The largest absolute Gasteiger partial charge is 0.481 e. The van der Waals surface area contributed by atoms with Crippen LogP contribution in [0, 0.1) is 12.3 Å². The van der Waals surface area contributed by atoms with Gasteiger partial charge < -0.3 is 5.11 Å². The van der Waals surface area contributed by atoms with Gasteiger partial charge in [0.1, 0.15) is 0 Å². The Morgan fingerprint density at radius 1 is 1.45 bits per heavy atom. The second-order valence-electron chi connectivity index (χ2n) is 6.00. The van der Waals surface area contributed by atoms with Gasteiger partial charge in [-0.3, -0.25) is 9.69 Å². The van der Waals surface area contributed by atoms with Crippen LogP contribution < -0.4 is 0 Å². The second kappa shape index (κ2) is 6.27. The minimum absolute atomic E-state index is 0.405. The van der Waals surface area contributed by atoms with E-state index in [-0.39, 0.29) is 0 Å². The first-order chi connectivity index (χ1) is 9.48. The molecule has 0 aromatic carbocycles. The molecule has 0 radical (unpaired) electrons. The summed E-state index contributed by atoms with van der Waals surface area (Å²) >= 11 is 1.85. The molecule has 1 aliphatic heterocycles. The predicted molar refractivity (Wildman–Crippen MR) is 83.3 cm³/mol. The smallest absolute Gasteiger partial charge is 0.309 e. The maximum Gasteiger partial charge on any atom is 0.309 e. The molecule has 4 heteroatoms. The van der Waals surface area contributed by atoms with Gasteiger partial charge in [-0.05, 0) is 58.3 Å². The van der Waals surface area contributed by atoms with E-state index in [0.29, 0.717) is 6.04 Å². The van der Waals surface area contributed by atoms with E-state index in [1.165, 1.54) is 9.75 Å². The first kappa shape index (κ1) is 15.5. The molecular formula is C16H25NO2S. The van der Waals surface area contributed by atoms with Crippen LogP contribution in [0.25, 0.3) is 0 Å². The van der Waals surface area contributed by atoms with Crippen LogP contribution >= 0.6 is 11.3 Å². The zero-order chi connectivity index (χ0) is 14.8. The molecule has 2 rings (SSSR count). The number of hydrogen-bond donors (Lipinski definition) is 1. The summed E-state index contributed by atoms with van der Waals surface area (Å²) in [5.74, 6) is -0.598. The van der Waals surface area contributed by atoms with Crippen molar-refractivity contribution in [1.29, 1.82) is 0 Å². The van der Waals surface area contributed by atoms with E-state index < -0.39 is 11.4 Å². The van der Waals surface area contributed by atoms with Gasteiger partial charge in [0.15, 0.2) is 0 Å². The Hall–Kier alpha value is -0.870. The average Bonchev–Trinajstić information content (AvgIpc) is 2.85. The SMILES string of the molecule is CCCC1(C(=O)O)CCN(C(C)c2ccc(C)s2)CC1. The first-order valence-corrected chi connectivity index (χ1v) is 8.34. The summed E-state index contributed by atoms with van der Waals surface area (Å²) in [6, 6.07) is 4.77. The number of aryl methyl sites for hydroxylation is 1. The van der Waals surface area contributed by atoms with Crippen molar-refractivity contribution < 1.29 is 9.90 Å². The Morgan fingerprint density at radius 3 is 2.55 bits per heavy atom. The lowest BCUT2D eigenvalue weighted by atomic mass is 9.75. The van der Waals surface area contributed by atoms with Crippen molar-refractivity contribution in [3.63, 3.8) is 0 Å². The Morgan fingerprint density at radius 2 is 2.10 bits per heavy atom. The molecule has 0 saturated carbocycles. The van der Waals surface area contributed by atoms with Gasteiger partial charge >= 0.3 is 5.97 Å². The number of piperidine rings is 1. The van der Waals surface area contributed by atoms with Crippen molar-refractivity contribution in [1.82, 2.24) is 4.90 Å². The highest BCUT2D eigenvalue weighted by molar-refractivity contribution is 7.12. The molecule has 2 heterocycles. The van der Waals surface area contributed by atoms with Gasteiger partial charge in [-0.25, -0.2) is 0 Å². The Bertz CT molecular complexity index is 461. The van der Waals surface area contributed by atoms with Gasteiger partial charge in [-0.2, -0.15) is 0 Å². The van der Waals surface area contributed by atoms with E-state index in [4.69, 9.17) is 0 Å². The highest BCUT2D eigenvalue weighted by Crippen LogP contribution is 2.39. The molecule has 3 nitrogen and oxygen atoms in total. The number of likely N-dealkylation sites (tertiary alicyclic amines) is 1. The van der Waals surface area contributed by atoms with Crippen molar-refractivity contribution in [3.8, 4) is 0 Å². The van der Waals surface area contributed by atoms with Gasteiger partial charge in [-0.1, -0.05) is 13.3 Å². The fourth-order valence-electron chi connectivity index (χ4n) is 3.25. The Kier molecular flexibility index (Phi) is 4.86. The summed E-state index contributed by atoms with van der Waals surface area (Å²) in [5.41, 5.74) is -0.476. The molecule has 0 spiro atoms. The van der Waals surface area contributed by atoms with Crippen molar-refractivity contribution in [2.24, 2.45) is 5.41 Å². The molecule has 20 heavy (non-hydrogen) atoms. The molecule has 0 amide bonds. The van der Waals surface area contributed by atoms with Crippen LogP contribution in [0.5, 0.6) is 0 Å². The number of rotatable bonds is 5. The molecule has 1 fully saturated rings. The summed E-state index contributed by atoms with van der Waals surface area (Å²) < 4.78 is 0. The monoisotopic (exact) mass is 295 g/mol. The Balaban J connectivity index is 2.01. The molecule has 0 bridgehead atoms. The summed E-state index contributed by atoms with van der Waals surface area (Å²) in [7, 11) is 0. The van der Waals surface area contributed by atoms with E-state index in [1.54, 1.807) is 0 Å². The molecule has 1 N–H and O–H groups in total. The molecule has 0 aliphatic carbocycles. The van der Waals surface area contributed by atoms with E-state index in [9.17, 15) is 9.90 Å². The lowest BCUT2D eigenvalue weighted by Gasteiger charge is -2.41. The fourth-order valence-corrected chi connectivity index (χ4v) is 4.21. The molecule has 1 aromatic rings. The zero-order valence-electron chi connectivity index (χ0n) is 12.7. The van der Waals surface area contributed by atoms with Crippen molar-refractivity contribution in [2.75, 3.05) is 13.1 Å². The third-order valence-corrected chi connectivity index (χ3v) is 5.83. The third-order valence-electron chi connectivity index (χ3n) is 4.66. The zero-order valence-corrected chi connectivity index (χ0v) is 13.5. The summed E-state index contributed by atoms with van der Waals surface area (Å²) in [6.45, 7) is 8.23. The lowest BCUT2D eigenvalue weighted by molar-refractivity contribution is -0.153. The van der Waals surface area contributed by atoms with Crippen LogP contribution in [0.4, 0.5) is 0 Å². The number of carboxylic acid groups (broad SMARTS) is 1. The average molecular weight is 295 g/mol. The van der Waals surface area contributed by atoms with Crippen molar-refractivity contribution in [2.45, 2.75) is 52.5 Å². The summed E-state index contributed by atoms with van der Waals surface area (Å²) in [5, 5.41) is 9.55. The van der Waals surface area contributed by atoms with Gasteiger partial charge in [0.2, 0.25) is 0 Å². The first-order valence-electron chi connectivity index (χ1n) is 7.52. The Labute approximate surface area is 125 Å². The molecule has 1 atom stereocenters. The minimum Gasteiger partial charge on any atom is -0.481 e. The van der Waals surface area contributed by atoms with E-state index >= 15 is 0 Å². The number of carboxylic acids is 1. The van der Waals surface area contributed by atoms with Crippen LogP contribution in [0.2, 0.25) is 0 Å². The topological polar surface area (TPSA) is 40.5 Å². The van der Waals surface area contributed by atoms with Gasteiger partial charge in [0, 0.05) is 15.8 Å². The van der Waals surface area contributed by atoms with Crippen LogP contribution in [-0.4, -0.2) is 29.1 Å². The molecule has 112 valence electrons. The number of hydrogen-bond acceptors (Lipinski definition) is 3. The fraction of sp³-hybridized carbons (Fsp3) is 0.688. The number of carbonyl (C=O) groups is 1. The molecule has 1 saturated heterocycles. The maximum absolute atomic E-state index is 11.6. The van der Waals surface area contributed by atoms with E-state index in [2.05, 4.69) is 37.8 Å². The predicted octanol–water partition coefficient (Wildman–Crippen LogP) is 4.08. The van der Waals surface area contributed by atoms with E-state index in [1.807, 2.05) is 11.3 Å². The van der Waals surface area contributed by atoms with Gasteiger partial charge in [0.05, 0.1) is 5.41 Å². The minimum atomic E-state index is -0.598. The highest BCUT2D eigenvalue weighted by atomic mass is 32.1. The summed E-state index contributed by atoms with van der Waals surface area (Å²) in [6.07, 6.45) is 3.32. The van der Waals surface area contributed by atoms with Gasteiger partial charge in [0.25, 0.3) is 0 Å². The quantitative estimate of drug-likeness (QED) is 0.889. The second-order valence-corrected chi connectivity index (χ2v) is 7.32. The van der Waals surface area contributed by atoms with Crippen LogP contribution in [0.15, 0.2) is 12.1 Å². The number of nitrogens with zero attached hydrogens (tertiary/aromatic N) is 1. The standard InChI is InChI=1S/C16H25NO2S/c1-4-7-16(15(18)19)8-10-17(11-9-16)13(3)14-6-5-12(2)20-14/h5-6,13H,4,7-11H2,1-3H3,(H,18,19). The van der Waals surface area contributed by atoms with E-state index in [0.717, 1.165) is 38.8 Å². The normalized spacial score (nSPS) is 20.8. The maximum atomic E-state index is 11.6. The lowest BCUT2D eigenvalue weighted by Crippen LogP contribution is -2.45. The van der Waals surface area contributed by atoms with Gasteiger partial charge in [-0.15, -0.1) is 11.3 Å². The summed E-state index contributed by atoms with van der Waals surface area (Å²) in [4.78, 5) is 16.8. The molecular weight excluding hydrogens is 270 g/mol. The van der Waals surface area contributed by atoms with Crippen molar-refractivity contribution >= 4 is 17.3 Å². The molecule has 1 unspecified atom stereocenters. The number of thiophene rings is 1. The van der Waals surface area contributed by atoms with Crippen LogP contribution in [0.1, 0.15) is 55.3 Å². The third kappa shape index (κ3) is 3.07. The van der Waals surface area contributed by atoms with Crippen molar-refractivity contribution in [3.05, 3.63) is 21.9 Å². The number of aliphatic carboxylic acids is 1. The molecule has 1 aliphatic rings. The van der Waals surface area contributed by atoms with Crippen LogP contribution in [0.3, 0.4) is 0 Å². The molecule has 1 aromatic heterocycles.